The summed E-state index contributed by atoms with van der Waals surface area (Å²) < 4.78 is 5.96. The van der Waals surface area contributed by atoms with Gasteiger partial charge in [-0.25, -0.2) is 9.97 Å². The van der Waals surface area contributed by atoms with E-state index in [1.165, 1.54) is 25.7 Å². The Hall–Kier alpha value is -1.59. The Morgan fingerprint density at radius 1 is 1.14 bits per heavy atom. The van der Waals surface area contributed by atoms with E-state index >= 15 is 0 Å². The molecule has 1 aromatic heterocycles. The topological polar surface area (TPSA) is 59.1 Å². The molecule has 4 rings (SSSR count). The van der Waals surface area contributed by atoms with Crippen molar-refractivity contribution in [3.8, 4) is 5.88 Å². The maximum atomic E-state index is 5.96. The van der Waals surface area contributed by atoms with Crippen molar-refractivity contribution in [3.63, 3.8) is 0 Å². The fraction of sp³-hybridized carbons (Fsp3) is 0.500. The summed E-state index contributed by atoms with van der Waals surface area (Å²) in [6.45, 7) is 1.75. The van der Waals surface area contributed by atoms with Gasteiger partial charge in [0, 0.05) is 12.1 Å². The van der Waals surface area contributed by atoms with Crippen molar-refractivity contribution in [2.45, 2.75) is 37.8 Å². The van der Waals surface area contributed by atoms with Crippen LogP contribution >= 0.6 is 12.4 Å². The van der Waals surface area contributed by atoms with Crippen molar-refractivity contribution in [1.29, 1.82) is 0 Å². The van der Waals surface area contributed by atoms with Gasteiger partial charge >= 0.3 is 0 Å². The maximum absolute atomic E-state index is 5.96. The number of benzene rings is 1. The minimum absolute atomic E-state index is 0. The van der Waals surface area contributed by atoms with Gasteiger partial charge in [-0.2, -0.15) is 0 Å². The van der Waals surface area contributed by atoms with Crippen molar-refractivity contribution >= 4 is 29.3 Å². The van der Waals surface area contributed by atoms with E-state index in [2.05, 4.69) is 20.6 Å². The molecule has 1 aliphatic carbocycles. The molecule has 2 N–H and O–H groups in total. The van der Waals surface area contributed by atoms with Crippen molar-refractivity contribution in [2.75, 3.05) is 18.5 Å². The van der Waals surface area contributed by atoms with E-state index < -0.39 is 0 Å². The summed E-state index contributed by atoms with van der Waals surface area (Å²) in [4.78, 5) is 9.32. The number of hydrogen-bond donors (Lipinski definition) is 2. The molecule has 0 radical (unpaired) electrons. The van der Waals surface area contributed by atoms with E-state index in [-0.39, 0.29) is 12.4 Å². The number of para-hydroxylation sites is 2. The van der Waals surface area contributed by atoms with E-state index in [0.29, 0.717) is 24.6 Å². The predicted molar refractivity (Wildman–Crippen MR) is 90.0 cm³/mol. The van der Waals surface area contributed by atoms with Crippen LogP contribution in [0.2, 0.25) is 0 Å². The fourth-order valence-corrected chi connectivity index (χ4v) is 2.68. The largest absolute Gasteiger partial charge is 0.473 e. The third kappa shape index (κ3) is 3.42. The highest BCUT2D eigenvalue weighted by Gasteiger charge is 2.24. The number of halogens is 1. The second kappa shape index (κ2) is 6.67. The minimum atomic E-state index is 0. The van der Waals surface area contributed by atoms with Crippen LogP contribution in [0.5, 0.6) is 5.88 Å². The van der Waals surface area contributed by atoms with E-state index in [1.54, 1.807) is 0 Å². The highest BCUT2D eigenvalue weighted by Crippen LogP contribution is 2.30. The Morgan fingerprint density at radius 3 is 2.59 bits per heavy atom. The summed E-state index contributed by atoms with van der Waals surface area (Å²) in [5.41, 5.74) is 1.79. The number of anilines is 1. The van der Waals surface area contributed by atoms with Gasteiger partial charge in [0.1, 0.15) is 6.61 Å². The standard InChI is InChI=1S/C16H20N4O.ClH/c1-2-6-14-13(5-1)19-15(18-11-7-8-11)16(20-14)21-10-12-4-3-9-17-12;/h1-2,5-6,11-12,17H,3-4,7-10H2,(H,18,19);1H. The lowest BCUT2D eigenvalue weighted by Gasteiger charge is -2.15. The molecule has 1 unspecified atom stereocenters. The van der Waals surface area contributed by atoms with Crippen LogP contribution in [0.25, 0.3) is 11.0 Å². The molecule has 6 heteroatoms. The first-order valence-electron chi connectivity index (χ1n) is 7.78. The molecule has 0 spiro atoms. The Morgan fingerprint density at radius 2 is 1.91 bits per heavy atom. The first-order chi connectivity index (χ1) is 10.4. The number of nitrogens with zero attached hydrogens (tertiary/aromatic N) is 2. The van der Waals surface area contributed by atoms with Gasteiger partial charge in [0.25, 0.3) is 5.88 Å². The van der Waals surface area contributed by atoms with Gasteiger partial charge in [-0.1, -0.05) is 12.1 Å². The summed E-state index contributed by atoms with van der Waals surface area (Å²) >= 11 is 0. The van der Waals surface area contributed by atoms with Gasteiger partial charge in [0.15, 0.2) is 5.82 Å². The molecule has 22 heavy (non-hydrogen) atoms. The second-order valence-electron chi connectivity index (χ2n) is 5.89. The highest BCUT2D eigenvalue weighted by molar-refractivity contribution is 5.85. The van der Waals surface area contributed by atoms with Crippen molar-refractivity contribution < 1.29 is 4.74 Å². The highest BCUT2D eigenvalue weighted by atomic mass is 35.5. The number of hydrogen-bond acceptors (Lipinski definition) is 5. The Balaban J connectivity index is 0.00000144. The van der Waals surface area contributed by atoms with Crippen LogP contribution in [0.3, 0.4) is 0 Å². The summed E-state index contributed by atoms with van der Waals surface area (Å²) in [5, 5.41) is 6.88. The number of aromatic nitrogens is 2. The van der Waals surface area contributed by atoms with Gasteiger partial charge in [0.05, 0.1) is 11.0 Å². The second-order valence-corrected chi connectivity index (χ2v) is 5.89. The van der Waals surface area contributed by atoms with E-state index in [4.69, 9.17) is 4.74 Å². The lowest BCUT2D eigenvalue weighted by Crippen LogP contribution is -2.28. The lowest BCUT2D eigenvalue weighted by atomic mass is 10.2. The van der Waals surface area contributed by atoms with Crippen molar-refractivity contribution in [3.05, 3.63) is 24.3 Å². The molecular formula is C16H21ClN4O. The van der Waals surface area contributed by atoms with Gasteiger partial charge in [-0.05, 0) is 44.4 Å². The van der Waals surface area contributed by atoms with Crippen molar-refractivity contribution in [1.82, 2.24) is 15.3 Å². The molecule has 2 aliphatic rings. The SMILES string of the molecule is Cl.c1ccc2nc(OCC3CCCN3)c(NC3CC3)nc2c1. The average molecular weight is 321 g/mol. The van der Waals surface area contributed by atoms with E-state index in [9.17, 15) is 0 Å². The van der Waals surface area contributed by atoms with Crippen molar-refractivity contribution in [2.24, 2.45) is 0 Å². The van der Waals surface area contributed by atoms with Crippen LogP contribution in [0, 0.1) is 0 Å². The van der Waals surface area contributed by atoms with Crippen LogP contribution < -0.4 is 15.4 Å². The number of fused-ring (bicyclic) bond motifs is 1. The lowest BCUT2D eigenvalue weighted by molar-refractivity contribution is 0.269. The number of rotatable bonds is 5. The molecule has 0 amide bonds. The zero-order valence-corrected chi connectivity index (χ0v) is 13.2. The molecule has 1 aliphatic heterocycles. The van der Waals surface area contributed by atoms with Crippen LogP contribution in [-0.4, -0.2) is 35.2 Å². The Bertz CT molecular complexity index is 641. The molecular weight excluding hydrogens is 300 g/mol. The summed E-state index contributed by atoms with van der Waals surface area (Å²) in [7, 11) is 0. The Kier molecular flexibility index (Phi) is 4.64. The molecule has 5 nitrogen and oxygen atoms in total. The van der Waals surface area contributed by atoms with Gasteiger partial charge in [-0.15, -0.1) is 12.4 Å². The molecule has 1 saturated carbocycles. The van der Waals surface area contributed by atoms with Gasteiger partial charge in [0.2, 0.25) is 0 Å². The summed E-state index contributed by atoms with van der Waals surface area (Å²) in [6.07, 6.45) is 4.81. The number of ether oxygens (including phenoxy) is 1. The fourth-order valence-electron chi connectivity index (χ4n) is 2.68. The Labute approximate surface area is 136 Å². The number of nitrogens with one attached hydrogen (secondary N) is 2. The summed E-state index contributed by atoms with van der Waals surface area (Å²) in [5.74, 6) is 1.42. The zero-order valence-electron chi connectivity index (χ0n) is 12.4. The first-order valence-corrected chi connectivity index (χ1v) is 7.78. The molecule has 118 valence electrons. The predicted octanol–water partition coefficient (Wildman–Crippen LogP) is 2.76. The third-order valence-electron chi connectivity index (χ3n) is 4.04. The average Bonchev–Trinajstić information content (AvgIpc) is 3.17. The van der Waals surface area contributed by atoms with Gasteiger partial charge < -0.3 is 15.4 Å². The smallest absolute Gasteiger partial charge is 0.258 e. The van der Waals surface area contributed by atoms with Gasteiger partial charge in [-0.3, -0.25) is 0 Å². The minimum Gasteiger partial charge on any atom is -0.473 e. The van der Waals surface area contributed by atoms with Crippen LogP contribution in [0.1, 0.15) is 25.7 Å². The molecule has 0 bridgehead atoms. The van der Waals surface area contributed by atoms with Crippen LogP contribution in [0.15, 0.2) is 24.3 Å². The molecule has 1 atom stereocenters. The van der Waals surface area contributed by atoms with E-state index in [0.717, 1.165) is 23.4 Å². The molecule has 2 aromatic rings. The summed E-state index contributed by atoms with van der Waals surface area (Å²) in [6, 6.07) is 8.90. The molecule has 2 fully saturated rings. The maximum Gasteiger partial charge on any atom is 0.258 e. The first kappa shape index (κ1) is 15.3. The van der Waals surface area contributed by atoms with E-state index in [1.807, 2.05) is 24.3 Å². The van der Waals surface area contributed by atoms with Crippen LogP contribution in [-0.2, 0) is 0 Å². The van der Waals surface area contributed by atoms with Crippen LogP contribution in [0.4, 0.5) is 5.82 Å². The monoisotopic (exact) mass is 320 g/mol. The zero-order chi connectivity index (χ0) is 14.1. The normalized spacial score (nSPS) is 20.6. The quantitative estimate of drug-likeness (QED) is 0.887. The molecule has 1 aromatic carbocycles. The third-order valence-corrected chi connectivity index (χ3v) is 4.04. The molecule has 1 saturated heterocycles. The molecule has 2 heterocycles.